The van der Waals surface area contributed by atoms with Gasteiger partial charge in [-0.05, 0) is 6.42 Å². The molecule has 1 rings (SSSR count). The van der Waals surface area contributed by atoms with Crippen molar-refractivity contribution < 1.29 is 42.9 Å². The first-order valence-corrected chi connectivity index (χ1v) is 8.67. The molecule has 0 spiro atoms. The average molecular weight is 389 g/mol. The van der Waals surface area contributed by atoms with E-state index in [0.717, 1.165) is 0 Å². The Morgan fingerprint density at radius 3 is 2.00 bits per heavy atom. The Balaban J connectivity index is 3.22. The van der Waals surface area contributed by atoms with Crippen LogP contribution in [-0.2, 0) is 42.9 Å². The summed E-state index contributed by atoms with van der Waals surface area (Å²) >= 11 is 0. The van der Waals surface area contributed by atoms with Crippen LogP contribution in [0.3, 0.4) is 0 Å². The summed E-state index contributed by atoms with van der Waals surface area (Å²) in [6, 6.07) is -0.920. The monoisotopic (exact) mass is 389 g/mol. The lowest BCUT2D eigenvalue weighted by Crippen LogP contribution is -2.66. The smallest absolute Gasteiger partial charge is 0.303 e. The van der Waals surface area contributed by atoms with Crippen molar-refractivity contribution in [3.05, 3.63) is 0 Å². The van der Waals surface area contributed by atoms with Crippen LogP contribution in [0.5, 0.6) is 0 Å². The van der Waals surface area contributed by atoms with Gasteiger partial charge < -0.3 is 29.0 Å². The number of hydrogen-bond acceptors (Lipinski definition) is 9. The van der Waals surface area contributed by atoms with E-state index >= 15 is 0 Å². The van der Waals surface area contributed by atoms with Gasteiger partial charge in [-0.2, -0.15) is 0 Å². The lowest BCUT2D eigenvalue weighted by molar-refractivity contribution is -0.277. The largest absolute Gasteiger partial charge is 0.463 e. The normalized spacial score (nSPS) is 27.4. The topological polar surface area (TPSA) is 126 Å². The van der Waals surface area contributed by atoms with Crippen LogP contribution in [0.2, 0.25) is 0 Å². The molecule has 0 saturated carbocycles. The zero-order valence-electron chi connectivity index (χ0n) is 16.2. The zero-order chi connectivity index (χ0) is 20.6. The molecular formula is C17H27NO9. The van der Waals surface area contributed by atoms with Crippen molar-refractivity contribution in [2.45, 2.75) is 71.7 Å². The second-order valence-corrected chi connectivity index (χ2v) is 6.09. The van der Waals surface area contributed by atoms with Crippen LogP contribution in [0, 0.1) is 0 Å². The summed E-state index contributed by atoms with van der Waals surface area (Å²) in [7, 11) is 0. The van der Waals surface area contributed by atoms with Gasteiger partial charge in [-0.3, -0.25) is 19.2 Å². The summed E-state index contributed by atoms with van der Waals surface area (Å²) in [6.45, 7) is 6.83. The van der Waals surface area contributed by atoms with Crippen LogP contribution in [0.15, 0.2) is 0 Å². The first-order chi connectivity index (χ1) is 12.6. The highest BCUT2D eigenvalue weighted by Crippen LogP contribution is 2.28. The maximum Gasteiger partial charge on any atom is 0.303 e. The van der Waals surface area contributed by atoms with Crippen molar-refractivity contribution in [2.24, 2.45) is 0 Å². The predicted octanol–water partition coefficient (Wildman–Crippen LogP) is 0.0691. The van der Waals surface area contributed by atoms with Crippen LogP contribution in [0.1, 0.15) is 41.0 Å². The number of carbonyl (C=O) groups is 4. The minimum absolute atomic E-state index is 0.246. The van der Waals surface area contributed by atoms with E-state index < -0.39 is 54.5 Å². The standard InChI is InChI=1S/C17H27NO9/c1-6-7-23-17-14(18-9(2)19)16(26-12(5)22)15(25-11(4)21)13(27-17)8-24-10(3)20/h13-17H,6-8H2,1-5H3,(H,18,19)/t13?,14?,15-,16+,17+/m0/s1. The van der Waals surface area contributed by atoms with Gasteiger partial charge >= 0.3 is 17.9 Å². The molecule has 2 unspecified atom stereocenters. The van der Waals surface area contributed by atoms with Gasteiger partial charge in [0.1, 0.15) is 18.8 Å². The first-order valence-electron chi connectivity index (χ1n) is 8.67. The summed E-state index contributed by atoms with van der Waals surface area (Å²) in [6.07, 6.45) is -3.47. The third kappa shape index (κ3) is 7.51. The lowest BCUT2D eigenvalue weighted by Gasteiger charge is -2.44. The second-order valence-electron chi connectivity index (χ2n) is 6.09. The summed E-state index contributed by atoms with van der Waals surface area (Å²) < 4.78 is 27.0. The quantitative estimate of drug-likeness (QED) is 0.453. The molecule has 10 nitrogen and oxygen atoms in total. The summed E-state index contributed by atoms with van der Waals surface area (Å²) in [5.41, 5.74) is 0. The molecule has 1 amide bonds. The van der Waals surface area contributed by atoms with Gasteiger partial charge in [0.05, 0.1) is 0 Å². The van der Waals surface area contributed by atoms with Gasteiger partial charge in [0.2, 0.25) is 5.91 Å². The molecule has 1 aliphatic heterocycles. The van der Waals surface area contributed by atoms with Gasteiger partial charge in [-0.1, -0.05) is 6.92 Å². The Morgan fingerprint density at radius 2 is 1.52 bits per heavy atom. The number of hydrogen-bond donors (Lipinski definition) is 1. The highest BCUT2D eigenvalue weighted by atomic mass is 16.7. The van der Waals surface area contributed by atoms with Crippen LogP contribution < -0.4 is 5.32 Å². The molecule has 1 aliphatic rings. The van der Waals surface area contributed by atoms with E-state index in [9.17, 15) is 19.2 Å². The fraction of sp³-hybridized carbons (Fsp3) is 0.765. The van der Waals surface area contributed by atoms with Crippen LogP contribution in [-0.4, -0.2) is 67.7 Å². The van der Waals surface area contributed by atoms with Crippen LogP contribution in [0.25, 0.3) is 0 Å². The van der Waals surface area contributed by atoms with Gasteiger partial charge in [-0.25, -0.2) is 0 Å². The van der Waals surface area contributed by atoms with E-state index in [1.54, 1.807) is 0 Å². The Kier molecular flexibility index (Phi) is 9.16. The van der Waals surface area contributed by atoms with Crippen molar-refractivity contribution in [1.82, 2.24) is 5.32 Å². The molecule has 27 heavy (non-hydrogen) atoms. The molecular weight excluding hydrogens is 362 g/mol. The Labute approximate surface area is 157 Å². The van der Waals surface area contributed by atoms with Crippen LogP contribution in [0.4, 0.5) is 0 Å². The third-order valence-corrected chi connectivity index (χ3v) is 3.56. The van der Waals surface area contributed by atoms with E-state index in [-0.39, 0.29) is 6.61 Å². The van der Waals surface area contributed by atoms with Gasteiger partial charge in [0, 0.05) is 34.3 Å². The Morgan fingerprint density at radius 1 is 0.926 bits per heavy atom. The lowest BCUT2D eigenvalue weighted by atomic mass is 9.96. The second kappa shape index (κ2) is 10.8. The van der Waals surface area contributed by atoms with Crippen molar-refractivity contribution in [1.29, 1.82) is 0 Å². The van der Waals surface area contributed by atoms with E-state index in [4.69, 9.17) is 23.7 Å². The number of nitrogens with one attached hydrogen (secondary N) is 1. The molecule has 0 aromatic carbocycles. The number of esters is 3. The van der Waals surface area contributed by atoms with Gasteiger partial charge in [0.25, 0.3) is 0 Å². The molecule has 0 radical (unpaired) electrons. The maximum atomic E-state index is 11.6. The zero-order valence-corrected chi connectivity index (χ0v) is 16.2. The van der Waals surface area contributed by atoms with Crippen molar-refractivity contribution in [3.8, 4) is 0 Å². The Hall–Kier alpha value is -2.20. The predicted molar refractivity (Wildman–Crippen MR) is 90.2 cm³/mol. The average Bonchev–Trinajstić information content (AvgIpc) is 2.54. The van der Waals surface area contributed by atoms with Gasteiger partial charge in [0.15, 0.2) is 18.5 Å². The fourth-order valence-corrected chi connectivity index (χ4v) is 2.67. The number of rotatable bonds is 8. The molecule has 1 fully saturated rings. The minimum Gasteiger partial charge on any atom is -0.463 e. The molecule has 5 atom stereocenters. The summed E-state index contributed by atoms with van der Waals surface area (Å²) in [4.78, 5) is 46.0. The van der Waals surface area contributed by atoms with E-state index in [0.29, 0.717) is 13.0 Å². The number of ether oxygens (including phenoxy) is 5. The Bertz CT molecular complexity index is 551. The third-order valence-electron chi connectivity index (χ3n) is 3.56. The summed E-state index contributed by atoms with van der Waals surface area (Å²) in [5.74, 6) is -2.26. The maximum absolute atomic E-state index is 11.6. The first kappa shape index (κ1) is 22.8. The molecule has 0 bridgehead atoms. The number of amides is 1. The number of carbonyl (C=O) groups excluding carboxylic acids is 4. The van der Waals surface area contributed by atoms with E-state index in [1.807, 2.05) is 6.92 Å². The molecule has 10 heteroatoms. The molecule has 1 N–H and O–H groups in total. The van der Waals surface area contributed by atoms with E-state index in [1.165, 1.54) is 27.7 Å². The van der Waals surface area contributed by atoms with Crippen molar-refractivity contribution in [2.75, 3.05) is 13.2 Å². The van der Waals surface area contributed by atoms with Gasteiger partial charge in [-0.15, -0.1) is 0 Å². The minimum atomic E-state index is -1.11. The molecule has 0 aromatic rings. The fourth-order valence-electron chi connectivity index (χ4n) is 2.67. The highest BCUT2D eigenvalue weighted by Gasteiger charge is 2.51. The molecule has 0 aromatic heterocycles. The van der Waals surface area contributed by atoms with Crippen LogP contribution >= 0.6 is 0 Å². The SMILES string of the molecule is CCCO[C@@H]1OC(COC(C)=O)[C@H](OC(C)=O)[C@H](OC(C)=O)C1NC(C)=O. The molecule has 1 saturated heterocycles. The molecule has 0 aliphatic carbocycles. The van der Waals surface area contributed by atoms with Crippen molar-refractivity contribution >= 4 is 23.8 Å². The highest BCUT2D eigenvalue weighted by molar-refractivity contribution is 5.73. The molecule has 154 valence electrons. The van der Waals surface area contributed by atoms with Crippen molar-refractivity contribution in [3.63, 3.8) is 0 Å². The molecule has 1 heterocycles. The van der Waals surface area contributed by atoms with E-state index in [2.05, 4.69) is 5.32 Å². The summed E-state index contributed by atoms with van der Waals surface area (Å²) in [5, 5.41) is 2.62.